The number of hydrogen-bond acceptors (Lipinski definition) is 1. The molecule has 2 nitrogen and oxygen atoms in total. The Kier molecular flexibility index (Phi) is 4.80. The van der Waals surface area contributed by atoms with E-state index in [0.29, 0.717) is 0 Å². The molecule has 0 aliphatic rings. The van der Waals surface area contributed by atoms with E-state index in [2.05, 4.69) is 42.7 Å². The second-order valence-electron chi connectivity index (χ2n) is 5.09. The maximum Gasteiger partial charge on any atom is 0.0804 e. The minimum Gasteiger partial charge on any atom is -0.388 e. The fourth-order valence-electron chi connectivity index (χ4n) is 2.29. The van der Waals surface area contributed by atoms with Gasteiger partial charge in [0.2, 0.25) is 0 Å². The van der Waals surface area contributed by atoms with Crippen molar-refractivity contribution >= 4 is 0 Å². The summed E-state index contributed by atoms with van der Waals surface area (Å²) in [6.45, 7) is 5.13. The van der Waals surface area contributed by atoms with E-state index in [9.17, 15) is 5.11 Å². The van der Waals surface area contributed by atoms with Crippen LogP contribution in [0, 0.1) is 0 Å². The second kappa shape index (κ2) is 6.58. The zero-order valence-corrected chi connectivity index (χ0v) is 11.8. The van der Waals surface area contributed by atoms with Crippen LogP contribution in [0.1, 0.15) is 49.5 Å². The van der Waals surface area contributed by atoms with E-state index in [1.165, 1.54) is 11.1 Å². The molecule has 102 valence electrons. The average molecular weight is 257 g/mol. The molecule has 0 amide bonds. The molecular weight excluding hydrogens is 234 g/mol. The van der Waals surface area contributed by atoms with E-state index in [-0.39, 0.29) is 6.10 Å². The highest BCUT2D eigenvalue weighted by molar-refractivity contribution is 5.23. The van der Waals surface area contributed by atoms with Crippen LogP contribution in [0.15, 0.2) is 42.7 Å². The summed E-state index contributed by atoms with van der Waals surface area (Å²) in [5, 5.41) is 9.95. The molecule has 0 radical (unpaired) electrons. The third-order valence-electron chi connectivity index (χ3n) is 3.52. The van der Waals surface area contributed by atoms with Gasteiger partial charge in [0.1, 0.15) is 0 Å². The Morgan fingerprint density at radius 1 is 1.05 bits per heavy atom. The number of benzene rings is 1. The van der Waals surface area contributed by atoms with Crippen molar-refractivity contribution in [1.82, 2.24) is 4.57 Å². The van der Waals surface area contributed by atoms with E-state index in [0.717, 1.165) is 31.4 Å². The van der Waals surface area contributed by atoms with Gasteiger partial charge in [-0.25, -0.2) is 0 Å². The van der Waals surface area contributed by atoms with E-state index in [1.54, 1.807) is 0 Å². The summed E-state index contributed by atoms with van der Waals surface area (Å²) in [4.78, 5) is 0. The highest BCUT2D eigenvalue weighted by Crippen LogP contribution is 2.19. The Bertz CT molecular complexity index is 498. The van der Waals surface area contributed by atoms with Crippen LogP contribution >= 0.6 is 0 Å². The molecule has 0 aliphatic carbocycles. The number of aromatic nitrogens is 1. The number of nitrogens with zero attached hydrogens (tertiary/aromatic N) is 1. The van der Waals surface area contributed by atoms with Crippen LogP contribution in [-0.2, 0) is 13.0 Å². The van der Waals surface area contributed by atoms with Crippen molar-refractivity contribution in [3.8, 4) is 0 Å². The minimum atomic E-state index is -0.325. The largest absolute Gasteiger partial charge is 0.388 e. The van der Waals surface area contributed by atoms with Gasteiger partial charge < -0.3 is 9.67 Å². The molecule has 0 spiro atoms. The summed E-state index contributed by atoms with van der Waals surface area (Å²) < 4.78 is 2.13. The monoisotopic (exact) mass is 257 g/mol. The Balaban J connectivity index is 2.02. The molecule has 1 aromatic carbocycles. The molecule has 19 heavy (non-hydrogen) atoms. The first kappa shape index (κ1) is 13.9. The van der Waals surface area contributed by atoms with Gasteiger partial charge in [-0.05, 0) is 35.6 Å². The number of hydrogen-bond donors (Lipinski definition) is 1. The lowest BCUT2D eigenvalue weighted by atomic mass is 10.1. The van der Waals surface area contributed by atoms with Crippen LogP contribution in [0.3, 0.4) is 0 Å². The lowest BCUT2D eigenvalue weighted by Crippen LogP contribution is -1.98. The summed E-state index contributed by atoms with van der Waals surface area (Å²) in [6.07, 6.45) is 6.68. The van der Waals surface area contributed by atoms with Gasteiger partial charge in [0.05, 0.1) is 6.10 Å². The number of aliphatic hydroxyl groups excluding tert-OH is 1. The van der Waals surface area contributed by atoms with Crippen molar-refractivity contribution in [2.24, 2.45) is 0 Å². The molecule has 0 saturated heterocycles. The van der Waals surface area contributed by atoms with Crippen molar-refractivity contribution in [3.05, 3.63) is 59.4 Å². The van der Waals surface area contributed by atoms with Crippen LogP contribution in [0.5, 0.6) is 0 Å². The number of aryl methyl sites for hydroxylation is 1. The highest BCUT2D eigenvalue weighted by Gasteiger charge is 2.07. The van der Waals surface area contributed by atoms with Crippen LogP contribution in [0.25, 0.3) is 0 Å². The van der Waals surface area contributed by atoms with Crippen LogP contribution in [-0.4, -0.2) is 9.67 Å². The lowest BCUT2D eigenvalue weighted by Gasteiger charge is -2.07. The summed E-state index contributed by atoms with van der Waals surface area (Å²) in [7, 11) is 0. The molecule has 0 aliphatic heterocycles. The lowest BCUT2D eigenvalue weighted by molar-refractivity contribution is 0.166. The van der Waals surface area contributed by atoms with E-state index in [4.69, 9.17) is 0 Å². The summed E-state index contributed by atoms with van der Waals surface area (Å²) >= 11 is 0. The Morgan fingerprint density at radius 3 is 2.37 bits per heavy atom. The first-order valence-electron chi connectivity index (χ1n) is 7.14. The highest BCUT2D eigenvalue weighted by atomic mass is 16.3. The molecule has 0 bridgehead atoms. The van der Waals surface area contributed by atoms with Gasteiger partial charge in [0.15, 0.2) is 0 Å². The fourth-order valence-corrected chi connectivity index (χ4v) is 2.29. The van der Waals surface area contributed by atoms with Gasteiger partial charge in [-0.15, -0.1) is 0 Å². The molecule has 1 heterocycles. The molecule has 1 unspecified atom stereocenters. The zero-order chi connectivity index (χ0) is 13.7. The van der Waals surface area contributed by atoms with Gasteiger partial charge in [-0.3, -0.25) is 0 Å². The van der Waals surface area contributed by atoms with Crippen molar-refractivity contribution in [1.29, 1.82) is 0 Å². The van der Waals surface area contributed by atoms with E-state index < -0.39 is 0 Å². The zero-order valence-electron chi connectivity index (χ0n) is 11.8. The summed E-state index contributed by atoms with van der Waals surface area (Å²) in [5.74, 6) is 0. The summed E-state index contributed by atoms with van der Waals surface area (Å²) in [6, 6.07) is 10.8. The topological polar surface area (TPSA) is 25.2 Å². The molecule has 2 aromatic rings. The van der Waals surface area contributed by atoms with Gasteiger partial charge >= 0.3 is 0 Å². The maximum absolute atomic E-state index is 9.95. The fraction of sp³-hybridized carbons (Fsp3) is 0.412. The van der Waals surface area contributed by atoms with Crippen LogP contribution < -0.4 is 0 Å². The molecule has 0 saturated carbocycles. The van der Waals surface area contributed by atoms with Gasteiger partial charge in [0.25, 0.3) is 0 Å². The molecule has 1 atom stereocenters. The quantitative estimate of drug-likeness (QED) is 0.833. The van der Waals surface area contributed by atoms with Crippen molar-refractivity contribution in [3.63, 3.8) is 0 Å². The normalized spacial score (nSPS) is 12.6. The average Bonchev–Trinajstić information content (AvgIpc) is 2.88. The number of rotatable bonds is 6. The second-order valence-corrected chi connectivity index (χ2v) is 5.09. The maximum atomic E-state index is 9.95. The Hall–Kier alpha value is -1.54. The SMILES string of the molecule is CCCC(O)c1ccn(Cc2ccc(CC)cc2)c1. The number of aliphatic hydroxyl groups is 1. The van der Waals surface area contributed by atoms with E-state index in [1.807, 2.05) is 18.5 Å². The molecule has 1 N–H and O–H groups in total. The van der Waals surface area contributed by atoms with Crippen LogP contribution in [0.4, 0.5) is 0 Å². The third-order valence-corrected chi connectivity index (χ3v) is 3.52. The minimum absolute atomic E-state index is 0.325. The van der Waals surface area contributed by atoms with Crippen molar-refractivity contribution in [2.45, 2.75) is 45.8 Å². The molecule has 1 aromatic heterocycles. The predicted octanol–water partition coefficient (Wildman–Crippen LogP) is 3.93. The molecular formula is C17H23NO. The van der Waals surface area contributed by atoms with Crippen molar-refractivity contribution in [2.75, 3.05) is 0 Å². The standard InChI is InChI=1S/C17H23NO/c1-3-5-17(19)16-10-11-18(13-16)12-15-8-6-14(4-2)7-9-15/h6-11,13,17,19H,3-5,12H2,1-2H3. The molecule has 2 rings (SSSR count). The third kappa shape index (κ3) is 3.71. The summed E-state index contributed by atoms with van der Waals surface area (Å²) in [5.41, 5.74) is 3.69. The van der Waals surface area contributed by atoms with Gasteiger partial charge in [0, 0.05) is 18.9 Å². The van der Waals surface area contributed by atoms with Gasteiger partial charge in [-0.2, -0.15) is 0 Å². The molecule has 0 fully saturated rings. The predicted molar refractivity (Wildman–Crippen MR) is 79.2 cm³/mol. The van der Waals surface area contributed by atoms with Crippen molar-refractivity contribution < 1.29 is 5.11 Å². The first-order chi connectivity index (χ1) is 9.22. The van der Waals surface area contributed by atoms with Crippen LogP contribution in [0.2, 0.25) is 0 Å². The molecule has 2 heteroatoms. The smallest absolute Gasteiger partial charge is 0.0804 e. The first-order valence-corrected chi connectivity index (χ1v) is 7.14. The Morgan fingerprint density at radius 2 is 1.74 bits per heavy atom. The van der Waals surface area contributed by atoms with Gasteiger partial charge in [-0.1, -0.05) is 44.5 Å². The van der Waals surface area contributed by atoms with E-state index >= 15 is 0 Å². The Labute approximate surface area is 115 Å².